The minimum atomic E-state index is -0.197. The van der Waals surface area contributed by atoms with Crippen LogP contribution in [0, 0.1) is 24.7 Å². The second kappa shape index (κ2) is 11.4. The lowest BCUT2D eigenvalue weighted by Crippen LogP contribution is -2.37. The highest BCUT2D eigenvalue weighted by Gasteiger charge is 2.43. The highest BCUT2D eigenvalue weighted by molar-refractivity contribution is 5.23. The third-order valence-corrected chi connectivity index (χ3v) is 7.14. The summed E-state index contributed by atoms with van der Waals surface area (Å²) in [5, 5.41) is 10.6. The molecule has 4 rings (SSSR count). The van der Waals surface area contributed by atoms with E-state index in [2.05, 4.69) is 54.3 Å². The summed E-state index contributed by atoms with van der Waals surface area (Å²) in [6.45, 7) is 8.68. The molecule has 2 fully saturated rings. The van der Waals surface area contributed by atoms with Gasteiger partial charge < -0.3 is 14.6 Å². The molecule has 1 aromatic carbocycles. The van der Waals surface area contributed by atoms with Gasteiger partial charge in [-0.3, -0.25) is 4.90 Å². The zero-order valence-electron chi connectivity index (χ0n) is 19.0. The zero-order valence-corrected chi connectivity index (χ0v) is 19.0. The standard InChI is InChI=1S/C27H39NO3/c1-21-6-4-8-22(16-21)7-2-3-9-25-26-18-23(17-24(26)19-27(25)29)20-31-13-5-10-28-11-14-30-15-12-28/h3-4,6,8-9,16-17,24-27,29H,2,5,7,10-15,18-20H2,1H3/t24-,25+,26-,27+/m0/s1. The van der Waals surface area contributed by atoms with Crippen molar-refractivity contribution >= 4 is 0 Å². The molecule has 0 spiro atoms. The van der Waals surface area contributed by atoms with Crippen LogP contribution in [-0.4, -0.2) is 62.2 Å². The first-order chi connectivity index (χ1) is 15.2. The molecule has 4 heteroatoms. The first kappa shape index (κ1) is 22.7. The van der Waals surface area contributed by atoms with E-state index in [0.717, 1.165) is 78.2 Å². The number of allylic oxidation sites excluding steroid dienone is 2. The molecule has 1 N–H and O–H groups in total. The number of aliphatic hydroxyl groups excluding tert-OH is 1. The fraction of sp³-hybridized carbons (Fsp3) is 0.630. The minimum absolute atomic E-state index is 0.197. The van der Waals surface area contributed by atoms with Crippen LogP contribution in [0.4, 0.5) is 0 Å². The fourth-order valence-corrected chi connectivity index (χ4v) is 5.50. The van der Waals surface area contributed by atoms with Crippen molar-refractivity contribution in [3.63, 3.8) is 0 Å². The number of hydrogen-bond donors (Lipinski definition) is 1. The Bertz CT molecular complexity index is 753. The predicted molar refractivity (Wildman–Crippen MR) is 125 cm³/mol. The van der Waals surface area contributed by atoms with Crippen LogP contribution in [0.25, 0.3) is 0 Å². The van der Waals surface area contributed by atoms with Gasteiger partial charge in [0.2, 0.25) is 0 Å². The Morgan fingerprint density at radius 3 is 2.97 bits per heavy atom. The molecule has 31 heavy (non-hydrogen) atoms. The molecule has 2 aliphatic carbocycles. The quantitative estimate of drug-likeness (QED) is 0.451. The lowest BCUT2D eigenvalue weighted by Gasteiger charge is -2.26. The van der Waals surface area contributed by atoms with E-state index in [-0.39, 0.29) is 12.0 Å². The Morgan fingerprint density at radius 1 is 1.26 bits per heavy atom. The molecule has 1 aromatic rings. The molecule has 4 nitrogen and oxygen atoms in total. The summed E-state index contributed by atoms with van der Waals surface area (Å²) in [6, 6.07) is 8.75. The Morgan fingerprint density at radius 2 is 2.13 bits per heavy atom. The molecule has 0 bridgehead atoms. The molecule has 1 heterocycles. The summed E-state index contributed by atoms with van der Waals surface area (Å²) in [5.41, 5.74) is 4.15. The van der Waals surface area contributed by atoms with Gasteiger partial charge >= 0.3 is 0 Å². The Hall–Kier alpha value is -1.46. The Kier molecular flexibility index (Phi) is 8.37. The van der Waals surface area contributed by atoms with Gasteiger partial charge in [0.25, 0.3) is 0 Å². The Labute approximate surface area is 187 Å². The smallest absolute Gasteiger partial charge is 0.0676 e. The van der Waals surface area contributed by atoms with Gasteiger partial charge in [-0.05, 0) is 62.0 Å². The summed E-state index contributed by atoms with van der Waals surface area (Å²) in [4.78, 5) is 2.46. The predicted octanol–water partition coefficient (Wildman–Crippen LogP) is 4.17. The van der Waals surface area contributed by atoms with Gasteiger partial charge in [-0.1, -0.05) is 48.1 Å². The lowest BCUT2D eigenvalue weighted by atomic mass is 9.89. The van der Waals surface area contributed by atoms with Crippen molar-refractivity contribution in [1.82, 2.24) is 4.90 Å². The second-order valence-corrected chi connectivity index (χ2v) is 9.55. The van der Waals surface area contributed by atoms with E-state index < -0.39 is 0 Å². The highest BCUT2D eigenvalue weighted by Crippen LogP contribution is 2.47. The van der Waals surface area contributed by atoms with Gasteiger partial charge in [-0.2, -0.15) is 0 Å². The molecule has 3 aliphatic rings. The molecule has 1 saturated carbocycles. The monoisotopic (exact) mass is 425 g/mol. The van der Waals surface area contributed by atoms with E-state index in [1.165, 1.54) is 16.7 Å². The van der Waals surface area contributed by atoms with Crippen LogP contribution in [0.2, 0.25) is 0 Å². The van der Waals surface area contributed by atoms with Crippen LogP contribution in [0.1, 0.15) is 36.8 Å². The van der Waals surface area contributed by atoms with E-state index in [1.54, 1.807) is 0 Å². The normalized spacial score (nSPS) is 28.9. The van der Waals surface area contributed by atoms with E-state index >= 15 is 0 Å². The molecule has 1 saturated heterocycles. The summed E-state index contributed by atoms with van der Waals surface area (Å²) < 4.78 is 11.4. The topological polar surface area (TPSA) is 41.9 Å². The average Bonchev–Trinajstić information content (AvgIpc) is 3.28. The molecule has 0 aromatic heterocycles. The van der Waals surface area contributed by atoms with E-state index in [9.17, 15) is 5.11 Å². The summed E-state index contributed by atoms with van der Waals surface area (Å²) in [7, 11) is 0. The fourth-order valence-electron chi connectivity index (χ4n) is 5.50. The SMILES string of the molecule is Cc1cccc(CCC=C[C@@H]2[C@H]3CC(COCCCN4CCOCC4)=C[C@H]3C[C@H]2O)c1. The maximum Gasteiger partial charge on any atom is 0.0676 e. The lowest BCUT2D eigenvalue weighted by molar-refractivity contribution is 0.0328. The number of morpholine rings is 1. The second-order valence-electron chi connectivity index (χ2n) is 9.55. The van der Waals surface area contributed by atoms with Crippen molar-refractivity contribution < 1.29 is 14.6 Å². The maximum atomic E-state index is 10.6. The highest BCUT2D eigenvalue weighted by atomic mass is 16.5. The number of hydrogen-bond acceptors (Lipinski definition) is 4. The minimum Gasteiger partial charge on any atom is -0.392 e. The van der Waals surface area contributed by atoms with Crippen LogP contribution >= 0.6 is 0 Å². The number of aliphatic hydroxyl groups is 1. The van der Waals surface area contributed by atoms with Crippen LogP contribution in [0.3, 0.4) is 0 Å². The first-order valence-corrected chi connectivity index (χ1v) is 12.2. The summed E-state index contributed by atoms with van der Waals surface area (Å²) in [5.74, 6) is 1.36. The number of aryl methyl sites for hydroxylation is 2. The molecule has 4 atom stereocenters. The third-order valence-electron chi connectivity index (χ3n) is 7.14. The van der Waals surface area contributed by atoms with Crippen molar-refractivity contribution in [3.05, 3.63) is 59.2 Å². The van der Waals surface area contributed by atoms with Crippen LogP contribution in [0.5, 0.6) is 0 Å². The molecule has 0 amide bonds. The zero-order chi connectivity index (χ0) is 21.5. The van der Waals surface area contributed by atoms with Gasteiger partial charge in [0.05, 0.1) is 25.9 Å². The number of benzene rings is 1. The molecule has 170 valence electrons. The third kappa shape index (κ3) is 6.52. The van der Waals surface area contributed by atoms with Crippen LogP contribution in [0.15, 0.2) is 48.1 Å². The number of ether oxygens (including phenoxy) is 2. The summed E-state index contributed by atoms with van der Waals surface area (Å²) >= 11 is 0. The van der Waals surface area contributed by atoms with E-state index in [4.69, 9.17) is 9.47 Å². The van der Waals surface area contributed by atoms with Crippen molar-refractivity contribution in [2.45, 2.75) is 45.1 Å². The van der Waals surface area contributed by atoms with E-state index in [0.29, 0.717) is 11.8 Å². The van der Waals surface area contributed by atoms with Crippen LogP contribution < -0.4 is 0 Å². The van der Waals surface area contributed by atoms with Gasteiger partial charge in [0.15, 0.2) is 0 Å². The largest absolute Gasteiger partial charge is 0.392 e. The Balaban J connectivity index is 1.16. The van der Waals surface area contributed by atoms with Crippen molar-refractivity contribution in [2.75, 3.05) is 46.1 Å². The molecular formula is C27H39NO3. The first-order valence-electron chi connectivity index (χ1n) is 12.2. The summed E-state index contributed by atoms with van der Waals surface area (Å²) in [6.07, 6.45) is 12.0. The van der Waals surface area contributed by atoms with Crippen molar-refractivity contribution in [2.24, 2.45) is 17.8 Å². The average molecular weight is 426 g/mol. The van der Waals surface area contributed by atoms with Crippen molar-refractivity contribution in [3.8, 4) is 0 Å². The molecule has 1 aliphatic heterocycles. The van der Waals surface area contributed by atoms with Gasteiger partial charge in [-0.25, -0.2) is 0 Å². The van der Waals surface area contributed by atoms with Crippen LogP contribution in [-0.2, 0) is 15.9 Å². The maximum absolute atomic E-state index is 10.6. The van der Waals surface area contributed by atoms with Gasteiger partial charge in [0, 0.05) is 32.2 Å². The molecule has 0 radical (unpaired) electrons. The number of nitrogens with zero attached hydrogens (tertiary/aromatic N) is 1. The molecular weight excluding hydrogens is 386 g/mol. The number of rotatable bonds is 10. The molecule has 0 unspecified atom stereocenters. The van der Waals surface area contributed by atoms with E-state index in [1.807, 2.05) is 0 Å². The van der Waals surface area contributed by atoms with Crippen molar-refractivity contribution in [1.29, 1.82) is 0 Å². The van der Waals surface area contributed by atoms with Gasteiger partial charge in [0.1, 0.15) is 0 Å². The number of fused-ring (bicyclic) bond motifs is 1. The van der Waals surface area contributed by atoms with Gasteiger partial charge in [-0.15, -0.1) is 0 Å².